The number of ether oxygens (including phenoxy) is 1. The SMILES string of the molecule is CCCCC#CC(N)c1ccccc1OC. The van der Waals surface area contributed by atoms with Crippen LogP contribution in [0.25, 0.3) is 0 Å². The van der Waals surface area contributed by atoms with Crippen molar-refractivity contribution in [2.24, 2.45) is 5.73 Å². The van der Waals surface area contributed by atoms with E-state index in [1.807, 2.05) is 24.3 Å². The molecule has 0 spiro atoms. The minimum Gasteiger partial charge on any atom is -0.496 e. The second-order valence-corrected chi connectivity index (χ2v) is 3.64. The van der Waals surface area contributed by atoms with Crippen LogP contribution in [0.2, 0.25) is 0 Å². The second-order valence-electron chi connectivity index (χ2n) is 3.64. The Labute approximate surface area is 97.8 Å². The minimum absolute atomic E-state index is 0.256. The van der Waals surface area contributed by atoms with Gasteiger partial charge in [0, 0.05) is 12.0 Å². The molecule has 1 aromatic carbocycles. The molecule has 86 valence electrons. The fourth-order valence-corrected chi connectivity index (χ4v) is 1.45. The van der Waals surface area contributed by atoms with Crippen LogP contribution >= 0.6 is 0 Å². The van der Waals surface area contributed by atoms with Crippen molar-refractivity contribution in [3.63, 3.8) is 0 Å². The molecule has 0 fully saturated rings. The van der Waals surface area contributed by atoms with Gasteiger partial charge in [-0.25, -0.2) is 0 Å². The van der Waals surface area contributed by atoms with Crippen molar-refractivity contribution in [3.05, 3.63) is 29.8 Å². The first-order valence-corrected chi connectivity index (χ1v) is 5.66. The summed E-state index contributed by atoms with van der Waals surface area (Å²) in [4.78, 5) is 0. The molecule has 1 unspecified atom stereocenters. The van der Waals surface area contributed by atoms with Gasteiger partial charge in [-0.1, -0.05) is 37.5 Å². The van der Waals surface area contributed by atoms with E-state index < -0.39 is 0 Å². The third-order valence-electron chi connectivity index (χ3n) is 2.39. The number of unbranched alkanes of at least 4 members (excludes halogenated alkanes) is 2. The summed E-state index contributed by atoms with van der Waals surface area (Å²) in [7, 11) is 1.65. The van der Waals surface area contributed by atoms with E-state index in [4.69, 9.17) is 10.5 Å². The van der Waals surface area contributed by atoms with Crippen molar-refractivity contribution in [1.29, 1.82) is 0 Å². The molecule has 0 aliphatic rings. The second kappa shape index (κ2) is 6.92. The molecule has 2 N–H and O–H groups in total. The Morgan fingerprint density at radius 2 is 2.12 bits per heavy atom. The summed E-state index contributed by atoms with van der Waals surface area (Å²) in [6, 6.07) is 7.49. The predicted molar refractivity (Wildman–Crippen MR) is 67.2 cm³/mol. The standard InChI is InChI=1S/C14H19NO/c1-3-4-5-6-10-13(15)12-9-7-8-11-14(12)16-2/h7-9,11,13H,3-5,15H2,1-2H3. The Balaban J connectivity index is 2.70. The van der Waals surface area contributed by atoms with Crippen LogP contribution < -0.4 is 10.5 Å². The summed E-state index contributed by atoms with van der Waals surface area (Å²) in [5.74, 6) is 6.97. The molecule has 1 rings (SSSR count). The molecule has 0 bridgehead atoms. The van der Waals surface area contributed by atoms with Crippen molar-refractivity contribution in [2.45, 2.75) is 32.2 Å². The minimum atomic E-state index is -0.256. The zero-order valence-corrected chi connectivity index (χ0v) is 9.99. The van der Waals surface area contributed by atoms with Gasteiger partial charge in [-0.05, 0) is 12.5 Å². The van der Waals surface area contributed by atoms with E-state index >= 15 is 0 Å². The van der Waals surface area contributed by atoms with E-state index in [2.05, 4.69) is 18.8 Å². The molecule has 1 aromatic rings. The molecule has 0 aliphatic heterocycles. The molecule has 0 heterocycles. The third kappa shape index (κ3) is 3.60. The Kier molecular flexibility index (Phi) is 5.45. The predicted octanol–water partition coefficient (Wildman–Crippen LogP) is 2.89. The quantitative estimate of drug-likeness (QED) is 0.621. The number of benzene rings is 1. The summed E-state index contributed by atoms with van der Waals surface area (Å²) in [5, 5.41) is 0. The van der Waals surface area contributed by atoms with Crippen molar-refractivity contribution in [3.8, 4) is 17.6 Å². The normalized spacial score (nSPS) is 11.4. The van der Waals surface area contributed by atoms with Crippen LogP contribution in [-0.2, 0) is 0 Å². The van der Waals surface area contributed by atoms with Gasteiger partial charge in [-0.2, -0.15) is 0 Å². The maximum Gasteiger partial charge on any atom is 0.124 e. The summed E-state index contributed by atoms with van der Waals surface area (Å²) >= 11 is 0. The highest BCUT2D eigenvalue weighted by atomic mass is 16.5. The summed E-state index contributed by atoms with van der Waals surface area (Å²) in [6.07, 6.45) is 3.21. The Morgan fingerprint density at radius 1 is 1.38 bits per heavy atom. The van der Waals surface area contributed by atoms with Crippen molar-refractivity contribution in [1.82, 2.24) is 0 Å². The average molecular weight is 217 g/mol. The molecule has 2 nitrogen and oxygen atoms in total. The Morgan fingerprint density at radius 3 is 2.81 bits per heavy atom. The lowest BCUT2D eigenvalue weighted by Gasteiger charge is -2.10. The number of nitrogens with two attached hydrogens (primary N) is 1. The van der Waals surface area contributed by atoms with E-state index in [9.17, 15) is 0 Å². The lowest BCUT2D eigenvalue weighted by atomic mass is 10.1. The molecule has 0 amide bonds. The van der Waals surface area contributed by atoms with E-state index in [1.54, 1.807) is 7.11 Å². The highest BCUT2D eigenvalue weighted by molar-refractivity contribution is 5.39. The molecule has 0 saturated carbocycles. The topological polar surface area (TPSA) is 35.2 Å². The first-order chi connectivity index (χ1) is 7.79. The molecule has 0 aromatic heterocycles. The highest BCUT2D eigenvalue weighted by Gasteiger charge is 2.07. The van der Waals surface area contributed by atoms with Gasteiger partial charge in [0.1, 0.15) is 5.75 Å². The van der Waals surface area contributed by atoms with Crippen LogP contribution in [0.15, 0.2) is 24.3 Å². The molecule has 2 heteroatoms. The molecule has 16 heavy (non-hydrogen) atoms. The van der Waals surface area contributed by atoms with Gasteiger partial charge >= 0.3 is 0 Å². The number of para-hydroxylation sites is 1. The number of rotatable bonds is 4. The monoisotopic (exact) mass is 217 g/mol. The number of methoxy groups -OCH3 is 1. The summed E-state index contributed by atoms with van der Waals surface area (Å²) in [6.45, 7) is 2.15. The van der Waals surface area contributed by atoms with Gasteiger partial charge in [-0.3, -0.25) is 0 Å². The maximum absolute atomic E-state index is 6.00. The fraction of sp³-hybridized carbons (Fsp3) is 0.429. The largest absolute Gasteiger partial charge is 0.496 e. The number of hydrogen-bond donors (Lipinski definition) is 1. The molecular formula is C14H19NO. The van der Waals surface area contributed by atoms with E-state index in [0.717, 1.165) is 24.2 Å². The van der Waals surface area contributed by atoms with Gasteiger partial charge in [0.15, 0.2) is 0 Å². The molecule has 0 saturated heterocycles. The zero-order chi connectivity index (χ0) is 11.8. The van der Waals surface area contributed by atoms with Gasteiger partial charge in [0.25, 0.3) is 0 Å². The van der Waals surface area contributed by atoms with Gasteiger partial charge in [0.05, 0.1) is 13.2 Å². The average Bonchev–Trinajstić information content (AvgIpc) is 2.34. The van der Waals surface area contributed by atoms with Crippen molar-refractivity contribution in [2.75, 3.05) is 7.11 Å². The van der Waals surface area contributed by atoms with Crippen molar-refractivity contribution < 1.29 is 4.74 Å². The maximum atomic E-state index is 6.00. The first-order valence-electron chi connectivity index (χ1n) is 5.66. The van der Waals surface area contributed by atoms with E-state index in [-0.39, 0.29) is 6.04 Å². The van der Waals surface area contributed by atoms with Crippen molar-refractivity contribution >= 4 is 0 Å². The molecule has 1 atom stereocenters. The van der Waals surface area contributed by atoms with Crippen LogP contribution in [0.4, 0.5) is 0 Å². The lowest BCUT2D eigenvalue weighted by molar-refractivity contribution is 0.408. The smallest absolute Gasteiger partial charge is 0.124 e. The van der Waals surface area contributed by atoms with Crippen LogP contribution in [-0.4, -0.2) is 7.11 Å². The highest BCUT2D eigenvalue weighted by Crippen LogP contribution is 2.22. The molecule has 0 radical (unpaired) electrons. The van der Waals surface area contributed by atoms with Gasteiger partial charge < -0.3 is 10.5 Å². The van der Waals surface area contributed by atoms with Crippen LogP contribution in [0.1, 0.15) is 37.8 Å². The molecule has 0 aliphatic carbocycles. The Bertz CT molecular complexity index is 376. The summed E-state index contributed by atoms with van der Waals surface area (Å²) < 4.78 is 5.25. The van der Waals surface area contributed by atoms with Gasteiger partial charge in [0.2, 0.25) is 0 Å². The van der Waals surface area contributed by atoms with Crippen LogP contribution in [0.3, 0.4) is 0 Å². The fourth-order valence-electron chi connectivity index (χ4n) is 1.45. The summed E-state index contributed by atoms with van der Waals surface area (Å²) in [5.41, 5.74) is 6.95. The molecular weight excluding hydrogens is 198 g/mol. The van der Waals surface area contributed by atoms with E-state index in [1.165, 1.54) is 6.42 Å². The van der Waals surface area contributed by atoms with E-state index in [0.29, 0.717) is 0 Å². The zero-order valence-electron chi connectivity index (χ0n) is 9.99. The first kappa shape index (κ1) is 12.6. The Hall–Kier alpha value is -1.46. The lowest BCUT2D eigenvalue weighted by Crippen LogP contribution is -2.09. The number of hydrogen-bond acceptors (Lipinski definition) is 2. The van der Waals surface area contributed by atoms with Crippen LogP contribution in [0, 0.1) is 11.8 Å². The third-order valence-corrected chi connectivity index (χ3v) is 2.39. The van der Waals surface area contributed by atoms with Crippen LogP contribution in [0.5, 0.6) is 5.75 Å². The van der Waals surface area contributed by atoms with Gasteiger partial charge in [-0.15, -0.1) is 5.92 Å².